The fourth-order valence-electron chi connectivity index (χ4n) is 4.06. The van der Waals surface area contributed by atoms with E-state index in [1.165, 1.54) is 25.5 Å². The molecule has 0 atom stereocenters. The van der Waals surface area contributed by atoms with Crippen molar-refractivity contribution in [3.63, 3.8) is 0 Å². The number of ether oxygens (including phenoxy) is 2. The predicted octanol–water partition coefficient (Wildman–Crippen LogP) is 7.16. The maximum atomic E-state index is 13.4. The molecule has 0 bridgehead atoms. The second-order valence-electron chi connectivity index (χ2n) is 8.70. The van der Waals surface area contributed by atoms with Gasteiger partial charge >= 0.3 is 6.18 Å². The molecule has 0 N–H and O–H groups in total. The van der Waals surface area contributed by atoms with Crippen LogP contribution in [-0.4, -0.2) is 23.0 Å². The molecule has 0 amide bonds. The minimum absolute atomic E-state index is 0.0180. The van der Waals surface area contributed by atoms with Gasteiger partial charge in [-0.15, -0.1) is 0 Å². The lowest BCUT2D eigenvalue weighted by atomic mass is 10.1. The summed E-state index contributed by atoms with van der Waals surface area (Å²) < 4.78 is 53.6. The van der Waals surface area contributed by atoms with Crippen LogP contribution in [-0.2, 0) is 12.8 Å². The van der Waals surface area contributed by atoms with E-state index in [1.807, 2.05) is 30.3 Å². The molecule has 0 aliphatic carbocycles. The minimum Gasteiger partial charge on any atom is -0.493 e. The number of benzene rings is 4. The second kappa shape index (κ2) is 11.5. The molecule has 0 aliphatic rings. The van der Waals surface area contributed by atoms with Crippen molar-refractivity contribution in [3.8, 4) is 22.9 Å². The quantitative estimate of drug-likeness (QED) is 0.138. The molecule has 0 fully saturated rings. The number of para-hydroxylation sites is 1. The van der Waals surface area contributed by atoms with Gasteiger partial charge in [0.1, 0.15) is 6.61 Å². The number of nitrogens with zero attached hydrogens (tertiary/aromatic N) is 3. The predicted molar refractivity (Wildman–Crippen MR) is 156 cm³/mol. The number of fused-ring (bicyclic) bond motifs is 1. The van der Waals surface area contributed by atoms with Gasteiger partial charge in [-0.25, -0.2) is 4.98 Å². The average Bonchev–Trinajstić information content (AvgIpc) is 2.96. The number of methoxy groups -OCH3 is 1. The Morgan fingerprint density at radius 3 is 2.48 bits per heavy atom. The summed E-state index contributed by atoms with van der Waals surface area (Å²) in [5, 5.41) is 4.65. The van der Waals surface area contributed by atoms with Crippen LogP contribution in [0.15, 0.2) is 101 Å². The first kappa shape index (κ1) is 27.4. The van der Waals surface area contributed by atoms with Crippen LogP contribution < -0.4 is 15.0 Å². The van der Waals surface area contributed by atoms with Crippen molar-refractivity contribution in [2.24, 2.45) is 5.10 Å². The van der Waals surface area contributed by atoms with Crippen LogP contribution in [0.25, 0.3) is 22.3 Å². The zero-order valence-electron chi connectivity index (χ0n) is 21.0. The standard InChI is InChI=1S/C30H21F3IN3O3/c1-39-26-15-20(14-24(34)27(26)40-18-19-8-3-2-4-9-19)17-35-37-28(21-10-7-11-22(16-21)30(31,32)33)36-25-13-6-5-12-23(25)29(37)38/h2-17H,18H2,1H3. The van der Waals surface area contributed by atoms with E-state index in [9.17, 15) is 18.0 Å². The first-order valence-electron chi connectivity index (χ1n) is 12.0. The Morgan fingerprint density at radius 2 is 1.73 bits per heavy atom. The van der Waals surface area contributed by atoms with Gasteiger partial charge in [-0.1, -0.05) is 54.6 Å². The van der Waals surface area contributed by atoms with Gasteiger partial charge in [-0.05, 0) is 70.1 Å². The van der Waals surface area contributed by atoms with Crippen LogP contribution in [0.5, 0.6) is 11.5 Å². The molecule has 0 radical (unpaired) electrons. The Labute approximate surface area is 240 Å². The summed E-state index contributed by atoms with van der Waals surface area (Å²) in [5.41, 5.74) is 0.667. The monoisotopic (exact) mass is 655 g/mol. The molecule has 0 aliphatic heterocycles. The van der Waals surface area contributed by atoms with E-state index in [-0.39, 0.29) is 16.8 Å². The van der Waals surface area contributed by atoms with Gasteiger partial charge < -0.3 is 9.47 Å². The summed E-state index contributed by atoms with van der Waals surface area (Å²) in [4.78, 5) is 17.9. The highest BCUT2D eigenvalue weighted by Gasteiger charge is 2.31. The Bertz CT molecular complexity index is 1770. The zero-order valence-corrected chi connectivity index (χ0v) is 23.2. The van der Waals surface area contributed by atoms with Gasteiger partial charge in [-0.2, -0.15) is 22.9 Å². The van der Waals surface area contributed by atoms with E-state index in [4.69, 9.17) is 9.47 Å². The van der Waals surface area contributed by atoms with Crippen molar-refractivity contribution in [1.82, 2.24) is 9.66 Å². The van der Waals surface area contributed by atoms with Gasteiger partial charge in [0.2, 0.25) is 0 Å². The molecule has 10 heteroatoms. The third kappa shape index (κ3) is 5.86. The first-order chi connectivity index (χ1) is 19.2. The second-order valence-corrected chi connectivity index (χ2v) is 9.86. The van der Waals surface area contributed by atoms with Crippen LogP contribution in [0.3, 0.4) is 0 Å². The van der Waals surface area contributed by atoms with Crippen molar-refractivity contribution >= 4 is 39.7 Å². The summed E-state index contributed by atoms with van der Waals surface area (Å²) in [6.45, 7) is 0.346. The van der Waals surface area contributed by atoms with E-state index in [0.29, 0.717) is 29.2 Å². The minimum atomic E-state index is -4.56. The molecular weight excluding hydrogens is 634 g/mol. The molecule has 0 spiro atoms. The van der Waals surface area contributed by atoms with Crippen molar-refractivity contribution in [1.29, 1.82) is 0 Å². The van der Waals surface area contributed by atoms with Crippen LogP contribution in [0, 0.1) is 3.57 Å². The lowest BCUT2D eigenvalue weighted by Gasteiger charge is -2.14. The number of halogens is 4. The van der Waals surface area contributed by atoms with Crippen molar-refractivity contribution in [3.05, 3.63) is 122 Å². The largest absolute Gasteiger partial charge is 0.493 e. The van der Waals surface area contributed by atoms with Crippen molar-refractivity contribution in [2.45, 2.75) is 12.8 Å². The normalized spacial score (nSPS) is 11.7. The zero-order chi connectivity index (χ0) is 28.3. The van der Waals surface area contributed by atoms with E-state index in [0.717, 1.165) is 25.9 Å². The maximum absolute atomic E-state index is 13.4. The van der Waals surface area contributed by atoms with E-state index in [2.05, 4.69) is 32.7 Å². The highest BCUT2D eigenvalue weighted by atomic mass is 127. The van der Waals surface area contributed by atoms with Gasteiger partial charge in [0.25, 0.3) is 5.56 Å². The van der Waals surface area contributed by atoms with Crippen molar-refractivity contribution < 1.29 is 22.6 Å². The summed E-state index contributed by atoms with van der Waals surface area (Å²) >= 11 is 2.12. The highest BCUT2D eigenvalue weighted by Crippen LogP contribution is 2.35. The Balaban J connectivity index is 1.56. The average molecular weight is 655 g/mol. The van der Waals surface area contributed by atoms with Crippen LogP contribution >= 0.6 is 22.6 Å². The number of alkyl halides is 3. The van der Waals surface area contributed by atoms with Gasteiger partial charge in [0.05, 0.1) is 33.4 Å². The molecule has 0 saturated carbocycles. The van der Waals surface area contributed by atoms with E-state index in [1.54, 1.807) is 36.4 Å². The molecule has 4 aromatic carbocycles. The van der Waals surface area contributed by atoms with Crippen molar-refractivity contribution in [2.75, 3.05) is 7.11 Å². The van der Waals surface area contributed by atoms with Gasteiger partial charge in [0.15, 0.2) is 17.3 Å². The lowest BCUT2D eigenvalue weighted by Crippen LogP contribution is -2.20. The topological polar surface area (TPSA) is 65.7 Å². The molecule has 5 rings (SSSR count). The molecule has 0 unspecified atom stereocenters. The Kier molecular flexibility index (Phi) is 7.88. The molecule has 1 aromatic heterocycles. The maximum Gasteiger partial charge on any atom is 0.416 e. The smallest absolute Gasteiger partial charge is 0.416 e. The SMILES string of the molecule is COc1cc(C=Nn2c(-c3cccc(C(F)(F)F)c3)nc3ccccc3c2=O)cc(I)c1OCc1ccccc1. The van der Waals surface area contributed by atoms with Crippen LogP contribution in [0.2, 0.25) is 0 Å². The molecule has 6 nitrogen and oxygen atoms in total. The summed E-state index contributed by atoms with van der Waals surface area (Å²) in [6, 6.07) is 24.5. The third-order valence-corrected chi connectivity index (χ3v) is 6.80. The number of rotatable bonds is 7. The molecule has 5 aromatic rings. The number of aromatic nitrogens is 2. The third-order valence-electron chi connectivity index (χ3n) is 6.00. The van der Waals surface area contributed by atoms with Crippen LogP contribution in [0.4, 0.5) is 13.2 Å². The Hall–Kier alpha value is -4.19. The molecule has 1 heterocycles. The lowest BCUT2D eigenvalue weighted by molar-refractivity contribution is -0.137. The molecular formula is C30H21F3IN3O3. The summed E-state index contributed by atoms with van der Waals surface area (Å²) in [7, 11) is 1.52. The fourth-order valence-corrected chi connectivity index (χ4v) is 4.84. The molecule has 202 valence electrons. The van der Waals surface area contributed by atoms with Gasteiger partial charge in [-0.3, -0.25) is 4.79 Å². The summed E-state index contributed by atoms with van der Waals surface area (Å²) in [5.74, 6) is 1.00. The van der Waals surface area contributed by atoms with Crippen LogP contribution in [0.1, 0.15) is 16.7 Å². The fraction of sp³-hybridized carbons (Fsp3) is 0.100. The summed E-state index contributed by atoms with van der Waals surface area (Å²) in [6.07, 6.45) is -3.13. The van der Waals surface area contributed by atoms with E-state index < -0.39 is 17.3 Å². The van der Waals surface area contributed by atoms with Gasteiger partial charge in [0, 0.05) is 5.56 Å². The number of hydrogen-bond donors (Lipinski definition) is 0. The first-order valence-corrected chi connectivity index (χ1v) is 13.1. The molecule has 40 heavy (non-hydrogen) atoms. The van der Waals surface area contributed by atoms with E-state index >= 15 is 0 Å². The Morgan fingerprint density at radius 1 is 0.975 bits per heavy atom. The highest BCUT2D eigenvalue weighted by molar-refractivity contribution is 14.1. The number of hydrogen-bond acceptors (Lipinski definition) is 5. The molecule has 0 saturated heterocycles.